The van der Waals surface area contributed by atoms with Crippen LogP contribution in [0.5, 0.6) is 0 Å². The van der Waals surface area contributed by atoms with Gasteiger partial charge in [-0.05, 0) is 74.0 Å². The summed E-state index contributed by atoms with van der Waals surface area (Å²) in [5, 5.41) is 4.85. The maximum absolute atomic E-state index is 5.26. The van der Waals surface area contributed by atoms with Crippen LogP contribution >= 0.6 is 0 Å². The van der Waals surface area contributed by atoms with Crippen LogP contribution in [0.1, 0.15) is 22.3 Å². The highest BCUT2D eigenvalue weighted by Crippen LogP contribution is 2.61. The van der Waals surface area contributed by atoms with Gasteiger partial charge >= 0.3 is 0 Å². The Morgan fingerprint density at radius 2 is 0.933 bits per heavy atom. The zero-order valence-corrected chi connectivity index (χ0v) is 32.4. The van der Waals surface area contributed by atoms with Crippen LogP contribution in [0.25, 0.3) is 94.7 Å². The average molecular weight is 763 g/mol. The van der Waals surface area contributed by atoms with Gasteiger partial charge in [-0.15, -0.1) is 0 Å². The molecule has 1 aliphatic carbocycles. The number of hydrogen-bond acceptors (Lipinski definition) is 3. The molecule has 1 spiro atoms. The van der Waals surface area contributed by atoms with Crippen LogP contribution in [0.4, 0.5) is 0 Å². The Morgan fingerprint density at radius 3 is 1.73 bits per heavy atom. The first kappa shape index (κ1) is 33.1. The highest BCUT2D eigenvalue weighted by atomic mass is 15.0. The maximum atomic E-state index is 5.26. The summed E-state index contributed by atoms with van der Waals surface area (Å²) in [5.74, 6) is 1.92. The summed E-state index contributed by atoms with van der Waals surface area (Å²) in [6, 6.07) is 74.5. The van der Waals surface area contributed by atoms with Gasteiger partial charge in [-0.25, -0.2) is 15.0 Å². The molecule has 0 fully saturated rings. The smallest absolute Gasteiger partial charge is 0.164 e. The number of hydrogen-bond donors (Lipinski definition) is 0. The fourth-order valence-corrected chi connectivity index (χ4v) is 10.4. The fraction of sp³-hybridized carbons (Fsp3) is 0.0179. The summed E-state index contributed by atoms with van der Waals surface area (Å²) in [6.07, 6.45) is 0. The molecule has 1 atom stereocenters. The predicted octanol–water partition coefficient (Wildman–Crippen LogP) is 13.5. The van der Waals surface area contributed by atoms with Crippen molar-refractivity contribution >= 4 is 32.6 Å². The van der Waals surface area contributed by atoms with Crippen molar-refractivity contribution in [2.24, 2.45) is 0 Å². The molecule has 3 heterocycles. The standard InChI is InChI=1S/C56H34N4/c1-3-17-36(18-4-1)53-57-54(37-19-5-2-6-20-37)59-55(58-53)44-33-30-35-16-7-8-21-39(35)51(44)38-31-32-41-40-22-9-11-25-45(40)56(48(41)34-38)46-26-12-14-29-50(46)60-49-28-13-10-23-42(49)43-24-15-27-47(56)52(43)60/h1-34H. The third-order valence-corrected chi connectivity index (χ3v) is 12.9. The van der Waals surface area contributed by atoms with E-state index in [0.717, 1.165) is 38.6 Å². The second-order valence-corrected chi connectivity index (χ2v) is 15.9. The Morgan fingerprint density at radius 1 is 0.350 bits per heavy atom. The lowest BCUT2D eigenvalue weighted by molar-refractivity contribution is 0.749. The van der Waals surface area contributed by atoms with Gasteiger partial charge in [0.15, 0.2) is 17.5 Å². The Kier molecular flexibility index (Phi) is 6.90. The van der Waals surface area contributed by atoms with Gasteiger partial charge < -0.3 is 4.57 Å². The Labute approximate surface area is 346 Å². The Balaban J connectivity index is 1.13. The van der Waals surface area contributed by atoms with E-state index >= 15 is 0 Å². The first-order valence-corrected chi connectivity index (χ1v) is 20.5. The number of nitrogens with zero attached hydrogens (tertiary/aromatic N) is 4. The number of rotatable bonds is 4. The molecule has 1 aliphatic heterocycles. The van der Waals surface area contributed by atoms with Crippen LogP contribution in [0.2, 0.25) is 0 Å². The summed E-state index contributed by atoms with van der Waals surface area (Å²) in [5.41, 5.74) is 15.9. The van der Waals surface area contributed by atoms with Gasteiger partial charge in [0.25, 0.3) is 0 Å². The van der Waals surface area contributed by atoms with E-state index in [2.05, 4.69) is 174 Å². The van der Waals surface area contributed by atoms with E-state index in [-0.39, 0.29) is 0 Å². The number of benzene rings is 9. The zero-order valence-electron chi connectivity index (χ0n) is 32.4. The molecule has 0 radical (unpaired) electrons. The van der Waals surface area contributed by atoms with Gasteiger partial charge in [0.2, 0.25) is 0 Å². The molecule has 4 nitrogen and oxygen atoms in total. The highest BCUT2D eigenvalue weighted by Gasteiger charge is 2.51. The lowest BCUT2D eigenvalue weighted by Crippen LogP contribution is -2.33. The van der Waals surface area contributed by atoms with E-state index in [4.69, 9.17) is 15.0 Å². The third kappa shape index (κ3) is 4.47. The first-order chi connectivity index (χ1) is 29.8. The fourth-order valence-electron chi connectivity index (χ4n) is 10.4. The SMILES string of the molecule is c1ccc(-c2nc(-c3ccccc3)nc(-c3ccc4ccccc4c3-c3ccc4c(c3)C3(c5ccccc5-4)c4ccccc4-n4c5ccccc5c5cccc3c54)n2)cc1. The number of para-hydroxylation sites is 3. The van der Waals surface area contributed by atoms with E-state index in [0.29, 0.717) is 17.5 Å². The molecule has 4 heteroatoms. The van der Waals surface area contributed by atoms with Crippen molar-refractivity contribution < 1.29 is 0 Å². The molecule has 13 rings (SSSR count). The van der Waals surface area contributed by atoms with Crippen LogP contribution in [-0.4, -0.2) is 19.5 Å². The highest BCUT2D eigenvalue weighted by molar-refractivity contribution is 6.13. The molecule has 1 unspecified atom stereocenters. The largest absolute Gasteiger partial charge is 0.309 e. The van der Waals surface area contributed by atoms with E-state index in [1.54, 1.807) is 0 Å². The quantitative estimate of drug-likeness (QED) is 0.179. The molecule has 11 aromatic rings. The minimum Gasteiger partial charge on any atom is -0.309 e. The van der Waals surface area contributed by atoms with Crippen molar-refractivity contribution in [2.75, 3.05) is 0 Å². The minimum absolute atomic E-state index is 0.568. The van der Waals surface area contributed by atoms with E-state index in [1.165, 1.54) is 60.9 Å². The second kappa shape index (κ2) is 12.5. The van der Waals surface area contributed by atoms with Gasteiger partial charge in [-0.1, -0.05) is 182 Å². The topological polar surface area (TPSA) is 43.6 Å². The van der Waals surface area contributed by atoms with Gasteiger partial charge in [0.1, 0.15) is 0 Å². The lowest BCUT2D eigenvalue weighted by Gasteiger charge is -2.39. The molecule has 2 aromatic heterocycles. The number of aromatic nitrogens is 4. The Hall–Kier alpha value is -7.95. The second-order valence-electron chi connectivity index (χ2n) is 15.9. The molecule has 9 aromatic carbocycles. The summed E-state index contributed by atoms with van der Waals surface area (Å²) in [6.45, 7) is 0. The number of fused-ring (bicyclic) bond motifs is 13. The normalized spacial score (nSPS) is 14.7. The molecule has 278 valence electrons. The first-order valence-electron chi connectivity index (χ1n) is 20.5. The van der Waals surface area contributed by atoms with Crippen molar-refractivity contribution in [2.45, 2.75) is 5.41 Å². The van der Waals surface area contributed by atoms with Gasteiger partial charge in [-0.3, -0.25) is 0 Å². The zero-order chi connectivity index (χ0) is 39.4. The van der Waals surface area contributed by atoms with Crippen LogP contribution in [-0.2, 0) is 5.41 Å². The van der Waals surface area contributed by atoms with Gasteiger partial charge in [0.05, 0.1) is 22.1 Å². The molecule has 0 amide bonds. The predicted molar refractivity (Wildman–Crippen MR) is 244 cm³/mol. The van der Waals surface area contributed by atoms with Gasteiger partial charge in [-0.2, -0.15) is 0 Å². The molecular weight excluding hydrogens is 729 g/mol. The molecule has 0 N–H and O–H groups in total. The molecule has 60 heavy (non-hydrogen) atoms. The third-order valence-electron chi connectivity index (χ3n) is 12.9. The van der Waals surface area contributed by atoms with Crippen LogP contribution in [0.3, 0.4) is 0 Å². The average Bonchev–Trinajstić information content (AvgIpc) is 3.82. The van der Waals surface area contributed by atoms with Crippen molar-refractivity contribution in [3.05, 3.63) is 229 Å². The van der Waals surface area contributed by atoms with E-state index in [1.807, 2.05) is 36.4 Å². The van der Waals surface area contributed by atoms with Crippen LogP contribution < -0.4 is 0 Å². The summed E-state index contributed by atoms with van der Waals surface area (Å²) in [4.78, 5) is 15.6. The van der Waals surface area contributed by atoms with Crippen molar-refractivity contribution in [1.29, 1.82) is 0 Å². The van der Waals surface area contributed by atoms with Crippen molar-refractivity contribution in [1.82, 2.24) is 19.5 Å². The molecule has 0 bridgehead atoms. The Bertz CT molecular complexity index is 3490. The van der Waals surface area contributed by atoms with E-state index < -0.39 is 5.41 Å². The minimum atomic E-state index is -0.568. The monoisotopic (exact) mass is 762 g/mol. The van der Waals surface area contributed by atoms with E-state index in [9.17, 15) is 0 Å². The van der Waals surface area contributed by atoms with Crippen LogP contribution in [0, 0.1) is 0 Å². The molecule has 0 saturated carbocycles. The molecular formula is C56H34N4. The van der Waals surface area contributed by atoms with Gasteiger partial charge in [0, 0.05) is 33.0 Å². The summed E-state index contributed by atoms with van der Waals surface area (Å²) >= 11 is 0. The summed E-state index contributed by atoms with van der Waals surface area (Å²) < 4.78 is 2.50. The van der Waals surface area contributed by atoms with Crippen molar-refractivity contribution in [3.8, 4) is 62.1 Å². The molecule has 0 saturated heterocycles. The summed E-state index contributed by atoms with van der Waals surface area (Å²) in [7, 11) is 0. The van der Waals surface area contributed by atoms with Crippen LogP contribution in [0.15, 0.2) is 206 Å². The van der Waals surface area contributed by atoms with Crippen molar-refractivity contribution in [3.63, 3.8) is 0 Å². The lowest BCUT2D eigenvalue weighted by atomic mass is 9.65. The molecule has 2 aliphatic rings. The maximum Gasteiger partial charge on any atom is 0.164 e.